The third-order valence-corrected chi connectivity index (χ3v) is 5.20. The second-order valence-electron chi connectivity index (χ2n) is 6.81. The first-order chi connectivity index (χ1) is 12.1. The Hall–Kier alpha value is -2.07. The highest BCUT2D eigenvalue weighted by molar-refractivity contribution is 5.93. The summed E-state index contributed by atoms with van der Waals surface area (Å²) in [5, 5.41) is 0. The molecule has 4 heteroatoms. The first-order valence-corrected chi connectivity index (χ1v) is 8.94. The first-order valence-electron chi connectivity index (χ1n) is 8.94. The van der Waals surface area contributed by atoms with Crippen LogP contribution in [-0.2, 0) is 20.7 Å². The van der Waals surface area contributed by atoms with Crippen LogP contribution in [0, 0.1) is 11.8 Å². The molecule has 0 N–H and O–H groups in total. The Labute approximate surface area is 149 Å². The molecule has 0 saturated carbocycles. The summed E-state index contributed by atoms with van der Waals surface area (Å²) in [6.07, 6.45) is 5.62. The van der Waals surface area contributed by atoms with Crippen LogP contribution < -0.4 is 4.74 Å². The van der Waals surface area contributed by atoms with Crippen LogP contribution in [0.15, 0.2) is 48.8 Å². The summed E-state index contributed by atoms with van der Waals surface area (Å²) in [6.45, 7) is 8.80. The van der Waals surface area contributed by atoms with Gasteiger partial charge >= 0.3 is 0 Å². The summed E-state index contributed by atoms with van der Waals surface area (Å²) in [4.78, 5) is 12.3. The molecule has 134 valence electrons. The van der Waals surface area contributed by atoms with Crippen molar-refractivity contribution in [3.8, 4) is 5.75 Å². The monoisotopic (exact) mass is 342 g/mol. The van der Waals surface area contributed by atoms with Crippen LogP contribution in [0.25, 0.3) is 0 Å². The predicted molar refractivity (Wildman–Crippen MR) is 96.3 cm³/mol. The van der Waals surface area contributed by atoms with Gasteiger partial charge < -0.3 is 14.2 Å². The highest BCUT2D eigenvalue weighted by Crippen LogP contribution is 2.46. The lowest BCUT2D eigenvalue weighted by Crippen LogP contribution is -2.44. The smallest absolute Gasteiger partial charge is 0.189 e. The Bertz CT molecular complexity index is 661. The number of allylic oxidation sites excluding steroid dienone is 2. The van der Waals surface area contributed by atoms with Gasteiger partial charge in [-0.05, 0) is 49.8 Å². The van der Waals surface area contributed by atoms with Gasteiger partial charge in [-0.3, -0.25) is 4.79 Å². The molecule has 1 fully saturated rings. The minimum atomic E-state index is -0.514. The van der Waals surface area contributed by atoms with Crippen molar-refractivity contribution in [3.05, 3.63) is 54.3 Å². The van der Waals surface area contributed by atoms with E-state index in [4.69, 9.17) is 14.2 Å². The second kappa shape index (κ2) is 7.44. The van der Waals surface area contributed by atoms with Crippen molar-refractivity contribution >= 4 is 5.78 Å². The van der Waals surface area contributed by atoms with Gasteiger partial charge in [0.15, 0.2) is 12.6 Å². The molecule has 4 nitrogen and oxygen atoms in total. The maximum atomic E-state index is 12.3. The average Bonchev–Trinajstić information content (AvgIpc) is 3.01. The highest BCUT2D eigenvalue weighted by Gasteiger charge is 2.51. The van der Waals surface area contributed by atoms with Crippen LogP contribution in [0.5, 0.6) is 5.75 Å². The van der Waals surface area contributed by atoms with E-state index in [1.807, 2.05) is 25.1 Å². The molecule has 1 aliphatic heterocycles. The number of carbonyl (C=O) groups excluding carboxylic acids is 1. The van der Waals surface area contributed by atoms with Crippen molar-refractivity contribution in [3.63, 3.8) is 0 Å². The van der Waals surface area contributed by atoms with Gasteiger partial charge in [0, 0.05) is 12.0 Å². The zero-order chi connectivity index (χ0) is 17.9. The number of carbonyl (C=O) groups is 1. The Morgan fingerprint density at radius 1 is 1.40 bits per heavy atom. The molecule has 1 heterocycles. The molecule has 0 spiro atoms. The lowest BCUT2D eigenvalue weighted by atomic mass is 9.71. The summed E-state index contributed by atoms with van der Waals surface area (Å²) in [7, 11) is 0. The standard InChI is InChI=1S/C21H26O4/c1-4-6-17-13-21(20(12-19(17)22)24-14-25-21)15(3)11-16-7-9-18(10-8-16)23-5-2/h4,7-10,12,15,17H,1,5-6,11,13-14H2,2-3H3/t15?,17-,21+/m0/s1. The average molecular weight is 342 g/mol. The van der Waals surface area contributed by atoms with E-state index in [0.717, 1.165) is 12.2 Å². The normalized spacial score (nSPS) is 26.4. The van der Waals surface area contributed by atoms with Crippen LogP contribution in [-0.4, -0.2) is 24.8 Å². The van der Waals surface area contributed by atoms with Crippen molar-refractivity contribution in [2.75, 3.05) is 13.4 Å². The maximum Gasteiger partial charge on any atom is 0.189 e. The van der Waals surface area contributed by atoms with Gasteiger partial charge in [-0.2, -0.15) is 0 Å². The molecular formula is C21H26O4. The SMILES string of the molecule is C=CC[C@H]1C[C@]2(C(C)Cc3ccc(OCC)cc3)OCOC2=CC1=O. The van der Waals surface area contributed by atoms with Crippen LogP contribution in [0.1, 0.15) is 32.3 Å². The number of hydrogen-bond donors (Lipinski definition) is 0. The van der Waals surface area contributed by atoms with Crippen LogP contribution >= 0.6 is 0 Å². The summed E-state index contributed by atoms with van der Waals surface area (Å²) in [5.74, 6) is 1.80. The Morgan fingerprint density at radius 3 is 2.84 bits per heavy atom. The van der Waals surface area contributed by atoms with Crippen molar-refractivity contribution in [1.29, 1.82) is 0 Å². The van der Waals surface area contributed by atoms with E-state index in [2.05, 4.69) is 25.6 Å². The number of rotatable bonds is 7. The molecular weight excluding hydrogens is 316 g/mol. The fourth-order valence-corrected chi connectivity index (χ4v) is 3.82. The van der Waals surface area contributed by atoms with E-state index in [9.17, 15) is 4.79 Å². The van der Waals surface area contributed by atoms with E-state index >= 15 is 0 Å². The quantitative estimate of drug-likeness (QED) is 0.701. The highest BCUT2D eigenvalue weighted by atomic mass is 16.7. The minimum absolute atomic E-state index is 0.0780. The molecule has 1 aliphatic carbocycles. The lowest BCUT2D eigenvalue weighted by Gasteiger charge is -2.38. The Balaban J connectivity index is 1.79. The predicted octanol–water partition coefficient (Wildman–Crippen LogP) is 4.06. The molecule has 1 aromatic rings. The van der Waals surface area contributed by atoms with Gasteiger partial charge in [-0.15, -0.1) is 6.58 Å². The maximum absolute atomic E-state index is 12.3. The number of hydrogen-bond acceptors (Lipinski definition) is 4. The largest absolute Gasteiger partial charge is 0.494 e. The summed E-state index contributed by atoms with van der Waals surface area (Å²) in [6, 6.07) is 8.17. The van der Waals surface area contributed by atoms with Gasteiger partial charge in [-0.1, -0.05) is 25.1 Å². The van der Waals surface area contributed by atoms with E-state index in [-0.39, 0.29) is 24.4 Å². The van der Waals surface area contributed by atoms with Crippen LogP contribution in [0.3, 0.4) is 0 Å². The van der Waals surface area contributed by atoms with Crippen molar-refractivity contribution in [2.24, 2.45) is 11.8 Å². The van der Waals surface area contributed by atoms with Gasteiger partial charge in [0.2, 0.25) is 0 Å². The van der Waals surface area contributed by atoms with Crippen molar-refractivity contribution < 1.29 is 19.0 Å². The van der Waals surface area contributed by atoms with Gasteiger partial charge in [0.05, 0.1) is 6.61 Å². The van der Waals surface area contributed by atoms with Crippen molar-refractivity contribution in [1.82, 2.24) is 0 Å². The van der Waals surface area contributed by atoms with E-state index in [0.29, 0.717) is 25.2 Å². The topological polar surface area (TPSA) is 44.8 Å². The van der Waals surface area contributed by atoms with Crippen LogP contribution in [0.4, 0.5) is 0 Å². The van der Waals surface area contributed by atoms with Gasteiger partial charge in [-0.25, -0.2) is 0 Å². The Kier molecular flexibility index (Phi) is 5.28. The molecule has 3 atom stereocenters. The molecule has 1 saturated heterocycles. The summed E-state index contributed by atoms with van der Waals surface area (Å²) < 4.78 is 17.2. The summed E-state index contributed by atoms with van der Waals surface area (Å²) in [5.41, 5.74) is 0.706. The van der Waals surface area contributed by atoms with Gasteiger partial charge in [0.25, 0.3) is 0 Å². The molecule has 0 bridgehead atoms. The third-order valence-electron chi connectivity index (χ3n) is 5.20. The fourth-order valence-electron chi connectivity index (χ4n) is 3.82. The van der Waals surface area contributed by atoms with E-state index in [1.54, 1.807) is 6.08 Å². The van der Waals surface area contributed by atoms with E-state index < -0.39 is 5.60 Å². The molecule has 0 aromatic heterocycles. The number of ether oxygens (including phenoxy) is 3. The first kappa shape index (κ1) is 17.7. The van der Waals surface area contributed by atoms with Gasteiger partial charge in [0.1, 0.15) is 17.1 Å². The molecule has 3 rings (SSSR count). The number of fused-ring (bicyclic) bond motifs is 1. The summed E-state index contributed by atoms with van der Waals surface area (Å²) >= 11 is 0. The number of benzene rings is 1. The zero-order valence-corrected chi connectivity index (χ0v) is 15.0. The second-order valence-corrected chi connectivity index (χ2v) is 6.81. The molecule has 0 radical (unpaired) electrons. The molecule has 1 unspecified atom stereocenters. The molecule has 0 amide bonds. The zero-order valence-electron chi connectivity index (χ0n) is 15.0. The molecule has 25 heavy (non-hydrogen) atoms. The molecule has 1 aromatic carbocycles. The third kappa shape index (κ3) is 3.49. The number of ketones is 1. The fraction of sp³-hybridized carbons (Fsp3) is 0.476. The lowest BCUT2D eigenvalue weighted by molar-refractivity contribution is -0.123. The van der Waals surface area contributed by atoms with Crippen LogP contribution in [0.2, 0.25) is 0 Å². The Morgan fingerprint density at radius 2 is 2.16 bits per heavy atom. The van der Waals surface area contributed by atoms with Crippen molar-refractivity contribution in [2.45, 2.75) is 38.7 Å². The molecule has 2 aliphatic rings. The van der Waals surface area contributed by atoms with E-state index in [1.165, 1.54) is 5.56 Å². The minimum Gasteiger partial charge on any atom is -0.494 e.